The molecule has 130 valence electrons. The molecule has 0 spiro atoms. The van der Waals surface area contributed by atoms with E-state index in [2.05, 4.69) is 10.6 Å². The van der Waals surface area contributed by atoms with Crippen LogP contribution in [0.1, 0.15) is 34.6 Å². The Bertz CT molecular complexity index is 371. The summed E-state index contributed by atoms with van der Waals surface area (Å²) in [6.07, 6.45) is -4.42. The van der Waals surface area contributed by atoms with Crippen molar-refractivity contribution in [3.05, 3.63) is 0 Å². The third kappa shape index (κ3) is 8.86. The van der Waals surface area contributed by atoms with Gasteiger partial charge in [-0.25, -0.2) is 0 Å². The third-order valence-corrected chi connectivity index (χ3v) is 3.18. The lowest BCUT2D eigenvalue weighted by molar-refractivity contribution is -0.154. The van der Waals surface area contributed by atoms with Gasteiger partial charge in [-0.2, -0.15) is 13.2 Å². The second kappa shape index (κ2) is 8.97. The molecule has 0 saturated heterocycles. The Labute approximate surface area is 129 Å². The molecule has 0 radical (unpaired) electrons. The summed E-state index contributed by atoms with van der Waals surface area (Å²) in [7, 11) is 0. The predicted molar refractivity (Wildman–Crippen MR) is 76.1 cm³/mol. The molecular formula is C14H25F3N2O3. The average molecular weight is 326 g/mol. The van der Waals surface area contributed by atoms with Gasteiger partial charge in [0.2, 0.25) is 0 Å². The first-order valence-electron chi connectivity index (χ1n) is 7.20. The topological polar surface area (TPSA) is 67.4 Å². The van der Waals surface area contributed by atoms with Crippen molar-refractivity contribution in [3.63, 3.8) is 0 Å². The number of nitrogens with one attached hydrogen (secondary N) is 2. The quantitative estimate of drug-likeness (QED) is 0.668. The summed E-state index contributed by atoms with van der Waals surface area (Å²) in [4.78, 5) is 23.4. The molecule has 0 saturated carbocycles. The lowest BCUT2D eigenvalue weighted by atomic mass is 10.0. The molecule has 2 N–H and O–H groups in total. The summed E-state index contributed by atoms with van der Waals surface area (Å²) in [6, 6.07) is -1.20. The van der Waals surface area contributed by atoms with E-state index in [1.54, 1.807) is 13.8 Å². The monoisotopic (exact) mass is 326 g/mol. The molecule has 0 bridgehead atoms. The highest BCUT2D eigenvalue weighted by molar-refractivity contribution is 5.82. The molecule has 0 aromatic rings. The maximum Gasteiger partial charge on any atom is 0.401 e. The number of ether oxygens (including phenoxy) is 1. The van der Waals surface area contributed by atoms with Crippen molar-refractivity contribution in [2.24, 2.45) is 11.8 Å². The minimum absolute atomic E-state index is 0.0875. The summed E-state index contributed by atoms with van der Waals surface area (Å²) in [6.45, 7) is 7.05. The number of alkyl halides is 3. The van der Waals surface area contributed by atoms with Crippen molar-refractivity contribution >= 4 is 11.9 Å². The Morgan fingerprint density at radius 1 is 1.05 bits per heavy atom. The van der Waals surface area contributed by atoms with Gasteiger partial charge in [-0.05, 0) is 18.8 Å². The fourth-order valence-electron chi connectivity index (χ4n) is 1.51. The Balaban J connectivity index is 4.38. The first-order chi connectivity index (χ1) is 9.94. The van der Waals surface area contributed by atoms with Crippen LogP contribution in [0.5, 0.6) is 0 Å². The fourth-order valence-corrected chi connectivity index (χ4v) is 1.51. The van der Waals surface area contributed by atoms with Gasteiger partial charge in [-0.3, -0.25) is 14.9 Å². The Morgan fingerprint density at radius 2 is 1.59 bits per heavy atom. The zero-order valence-corrected chi connectivity index (χ0v) is 13.6. The second-order valence-electron chi connectivity index (χ2n) is 5.93. The van der Waals surface area contributed by atoms with Crippen LogP contribution in [0.15, 0.2) is 0 Å². The summed E-state index contributed by atoms with van der Waals surface area (Å²) in [5, 5.41) is 4.75. The Morgan fingerprint density at radius 3 is 2.00 bits per heavy atom. The molecule has 0 unspecified atom stereocenters. The van der Waals surface area contributed by atoms with E-state index in [-0.39, 0.29) is 12.0 Å². The van der Waals surface area contributed by atoms with Gasteiger partial charge in [0.15, 0.2) is 6.61 Å². The maximum atomic E-state index is 12.2. The van der Waals surface area contributed by atoms with Gasteiger partial charge in [-0.1, -0.05) is 27.7 Å². The van der Waals surface area contributed by atoms with Crippen LogP contribution < -0.4 is 10.6 Å². The molecule has 5 nitrogen and oxygen atoms in total. The van der Waals surface area contributed by atoms with Gasteiger partial charge in [-0.15, -0.1) is 0 Å². The molecule has 0 aromatic carbocycles. The number of carbonyl (C=O) groups is 2. The second-order valence-corrected chi connectivity index (χ2v) is 5.93. The molecule has 0 aliphatic heterocycles. The highest BCUT2D eigenvalue weighted by Gasteiger charge is 2.32. The molecule has 0 fully saturated rings. The van der Waals surface area contributed by atoms with Gasteiger partial charge >= 0.3 is 12.1 Å². The van der Waals surface area contributed by atoms with Crippen LogP contribution in [0.3, 0.4) is 0 Å². The first-order valence-corrected chi connectivity index (χ1v) is 7.20. The third-order valence-electron chi connectivity index (χ3n) is 3.18. The largest absolute Gasteiger partial charge is 0.454 e. The van der Waals surface area contributed by atoms with Crippen molar-refractivity contribution in [1.82, 2.24) is 10.6 Å². The lowest BCUT2D eigenvalue weighted by Gasteiger charge is -2.22. The van der Waals surface area contributed by atoms with Gasteiger partial charge in [0.05, 0.1) is 6.54 Å². The number of rotatable bonds is 8. The van der Waals surface area contributed by atoms with Crippen molar-refractivity contribution in [2.75, 3.05) is 13.2 Å². The first kappa shape index (κ1) is 20.7. The van der Waals surface area contributed by atoms with Crippen molar-refractivity contribution < 1.29 is 27.5 Å². The van der Waals surface area contributed by atoms with E-state index in [4.69, 9.17) is 4.74 Å². The van der Waals surface area contributed by atoms with Crippen LogP contribution in [-0.2, 0) is 14.3 Å². The van der Waals surface area contributed by atoms with Crippen LogP contribution in [-0.4, -0.2) is 43.3 Å². The van der Waals surface area contributed by atoms with Crippen LogP contribution in [0.2, 0.25) is 0 Å². The van der Waals surface area contributed by atoms with Crippen molar-refractivity contribution in [1.29, 1.82) is 0 Å². The SMILES string of the molecule is CC(C)[C@H](NCC(F)(F)F)C(=O)OCC(=O)N[C@H](C)C(C)C. The van der Waals surface area contributed by atoms with Crippen LogP contribution in [0.25, 0.3) is 0 Å². The van der Waals surface area contributed by atoms with E-state index in [1.807, 2.05) is 20.8 Å². The molecule has 0 aromatic heterocycles. The normalized spacial score (nSPS) is 14.8. The van der Waals surface area contributed by atoms with Crippen LogP contribution in [0.4, 0.5) is 13.2 Å². The van der Waals surface area contributed by atoms with Crippen LogP contribution >= 0.6 is 0 Å². The van der Waals surface area contributed by atoms with E-state index in [9.17, 15) is 22.8 Å². The summed E-state index contributed by atoms with van der Waals surface area (Å²) in [5.41, 5.74) is 0. The fraction of sp³-hybridized carbons (Fsp3) is 0.857. The molecule has 1 amide bonds. The number of amides is 1. The number of esters is 1. The molecule has 22 heavy (non-hydrogen) atoms. The van der Waals surface area contributed by atoms with E-state index in [1.165, 1.54) is 0 Å². The zero-order chi connectivity index (χ0) is 17.5. The molecule has 2 atom stereocenters. The number of hydrogen-bond acceptors (Lipinski definition) is 4. The van der Waals surface area contributed by atoms with Gasteiger partial charge in [0.1, 0.15) is 6.04 Å². The molecule has 0 rings (SSSR count). The Hall–Kier alpha value is -1.31. The van der Waals surface area contributed by atoms with E-state index >= 15 is 0 Å². The summed E-state index contributed by atoms with van der Waals surface area (Å²) < 4.78 is 41.4. The van der Waals surface area contributed by atoms with Gasteiger partial charge < -0.3 is 10.1 Å². The summed E-state index contributed by atoms with van der Waals surface area (Å²) >= 11 is 0. The van der Waals surface area contributed by atoms with E-state index in [0.717, 1.165) is 0 Å². The molecule has 0 heterocycles. The smallest absolute Gasteiger partial charge is 0.401 e. The summed E-state index contributed by atoms with van der Waals surface area (Å²) in [5.74, 6) is -1.52. The zero-order valence-electron chi connectivity index (χ0n) is 13.6. The van der Waals surface area contributed by atoms with E-state index < -0.39 is 43.2 Å². The highest BCUT2D eigenvalue weighted by Crippen LogP contribution is 2.14. The Kier molecular flexibility index (Phi) is 8.44. The van der Waals surface area contributed by atoms with Crippen molar-refractivity contribution in [2.45, 2.75) is 52.9 Å². The predicted octanol–water partition coefficient (Wildman–Crippen LogP) is 1.87. The molecular weight excluding hydrogens is 301 g/mol. The van der Waals surface area contributed by atoms with Crippen LogP contribution in [0, 0.1) is 11.8 Å². The number of carbonyl (C=O) groups excluding carboxylic acids is 2. The van der Waals surface area contributed by atoms with Crippen molar-refractivity contribution in [3.8, 4) is 0 Å². The lowest BCUT2D eigenvalue weighted by Crippen LogP contribution is -2.47. The number of hydrogen-bond donors (Lipinski definition) is 2. The minimum atomic E-state index is -4.42. The highest BCUT2D eigenvalue weighted by atomic mass is 19.4. The van der Waals surface area contributed by atoms with Gasteiger partial charge in [0.25, 0.3) is 5.91 Å². The standard InChI is InChI=1S/C14H25F3N2O3/c1-8(2)10(5)19-11(20)6-22-13(21)12(9(3)4)18-7-14(15,16)17/h8-10,12,18H,6-7H2,1-5H3,(H,19,20)/t10-,12+/m1/s1. The number of halogens is 3. The average Bonchev–Trinajstić information content (AvgIpc) is 2.34. The maximum absolute atomic E-state index is 12.2. The van der Waals surface area contributed by atoms with E-state index in [0.29, 0.717) is 0 Å². The molecule has 0 aliphatic carbocycles. The van der Waals surface area contributed by atoms with Gasteiger partial charge in [0, 0.05) is 6.04 Å². The molecule has 8 heteroatoms. The molecule has 0 aliphatic rings. The minimum Gasteiger partial charge on any atom is -0.454 e.